The van der Waals surface area contributed by atoms with Crippen LogP contribution in [0.1, 0.15) is 24.2 Å². The van der Waals surface area contributed by atoms with Crippen LogP contribution in [0, 0.1) is 5.82 Å². The Balaban J connectivity index is 2.19. The Morgan fingerprint density at radius 3 is 2.88 bits per heavy atom. The van der Waals surface area contributed by atoms with E-state index in [0.29, 0.717) is 22.3 Å². The van der Waals surface area contributed by atoms with E-state index >= 15 is 0 Å². The summed E-state index contributed by atoms with van der Waals surface area (Å²) in [6.45, 7) is 2.17. The number of benzene rings is 1. The molecule has 6 heteroatoms. The molecule has 1 aromatic heterocycles. The Labute approximate surface area is 107 Å². The third kappa shape index (κ3) is 2.89. The predicted molar refractivity (Wildman–Crippen MR) is 65.8 cm³/mol. The molecular formula is C11H12BrFN4. The third-order valence-electron chi connectivity index (χ3n) is 2.37. The minimum Gasteiger partial charge on any atom is -0.323 e. The fraction of sp³-hybridized carbons (Fsp3) is 0.273. The Kier molecular flexibility index (Phi) is 3.54. The maximum absolute atomic E-state index is 13.6. The molecule has 0 saturated carbocycles. The van der Waals surface area contributed by atoms with E-state index < -0.39 is 0 Å². The van der Waals surface area contributed by atoms with E-state index in [1.165, 1.54) is 6.07 Å². The fourth-order valence-electron chi connectivity index (χ4n) is 1.42. The van der Waals surface area contributed by atoms with Crippen LogP contribution in [0.2, 0.25) is 0 Å². The second-order valence-electron chi connectivity index (χ2n) is 3.87. The van der Waals surface area contributed by atoms with Crippen molar-refractivity contribution in [1.29, 1.82) is 0 Å². The van der Waals surface area contributed by atoms with Crippen LogP contribution in [-0.2, 0) is 6.54 Å². The lowest BCUT2D eigenvalue weighted by atomic mass is 10.2. The van der Waals surface area contributed by atoms with E-state index in [4.69, 9.17) is 5.73 Å². The molecule has 1 aromatic carbocycles. The average Bonchev–Trinajstić information content (AvgIpc) is 2.71. The number of hydrogen-bond donors (Lipinski definition) is 1. The molecule has 0 spiro atoms. The van der Waals surface area contributed by atoms with E-state index in [1.54, 1.807) is 23.0 Å². The summed E-state index contributed by atoms with van der Waals surface area (Å²) in [6.07, 6.45) is 1.73. The van der Waals surface area contributed by atoms with Gasteiger partial charge in [0.2, 0.25) is 0 Å². The van der Waals surface area contributed by atoms with E-state index in [2.05, 4.69) is 26.2 Å². The van der Waals surface area contributed by atoms with Gasteiger partial charge in [0, 0.05) is 16.1 Å². The van der Waals surface area contributed by atoms with Crippen molar-refractivity contribution >= 4 is 15.9 Å². The van der Waals surface area contributed by atoms with E-state index in [9.17, 15) is 4.39 Å². The van der Waals surface area contributed by atoms with E-state index in [-0.39, 0.29) is 11.9 Å². The molecule has 0 saturated heterocycles. The van der Waals surface area contributed by atoms with Crippen molar-refractivity contribution in [3.05, 3.63) is 45.9 Å². The van der Waals surface area contributed by atoms with Gasteiger partial charge >= 0.3 is 0 Å². The molecular weight excluding hydrogens is 287 g/mol. The number of hydrogen-bond acceptors (Lipinski definition) is 3. The Bertz CT molecular complexity index is 524. The van der Waals surface area contributed by atoms with E-state index in [0.717, 1.165) is 0 Å². The second kappa shape index (κ2) is 4.93. The van der Waals surface area contributed by atoms with Crippen molar-refractivity contribution in [2.45, 2.75) is 19.5 Å². The van der Waals surface area contributed by atoms with Crippen molar-refractivity contribution in [1.82, 2.24) is 15.0 Å². The number of nitrogens with two attached hydrogens (primary N) is 1. The minimum atomic E-state index is -0.266. The molecule has 4 nitrogen and oxygen atoms in total. The van der Waals surface area contributed by atoms with Crippen LogP contribution in [0.25, 0.3) is 0 Å². The molecule has 0 fully saturated rings. The van der Waals surface area contributed by atoms with Gasteiger partial charge < -0.3 is 5.73 Å². The maximum atomic E-state index is 13.6. The topological polar surface area (TPSA) is 56.7 Å². The smallest absolute Gasteiger partial charge is 0.129 e. The zero-order chi connectivity index (χ0) is 12.4. The molecule has 0 aliphatic rings. The van der Waals surface area contributed by atoms with Crippen molar-refractivity contribution < 1.29 is 4.39 Å². The highest BCUT2D eigenvalue weighted by atomic mass is 79.9. The standard InChI is InChI=1S/C11H12BrFN4/c1-7(14)11-6-17(16-15-11)5-8-2-3-9(12)4-10(8)13/h2-4,6-7H,5,14H2,1H3. The van der Waals surface area contributed by atoms with Gasteiger partial charge in [-0.2, -0.15) is 0 Å². The first-order chi connectivity index (χ1) is 8.06. The minimum absolute atomic E-state index is 0.168. The summed E-state index contributed by atoms with van der Waals surface area (Å²) in [5, 5.41) is 7.82. The third-order valence-corrected chi connectivity index (χ3v) is 2.86. The monoisotopic (exact) mass is 298 g/mol. The zero-order valence-corrected chi connectivity index (χ0v) is 10.9. The highest BCUT2D eigenvalue weighted by Gasteiger charge is 2.08. The summed E-state index contributed by atoms with van der Waals surface area (Å²) >= 11 is 3.21. The van der Waals surface area contributed by atoms with Crippen molar-refractivity contribution in [3.63, 3.8) is 0 Å². The summed E-state index contributed by atoms with van der Waals surface area (Å²) in [7, 11) is 0. The SMILES string of the molecule is CC(N)c1cn(Cc2ccc(Br)cc2F)nn1. The molecule has 2 N–H and O–H groups in total. The Hall–Kier alpha value is -1.27. The maximum Gasteiger partial charge on any atom is 0.129 e. The molecule has 0 aliphatic heterocycles. The van der Waals surface area contributed by atoms with Crippen molar-refractivity contribution in [2.24, 2.45) is 5.73 Å². The second-order valence-corrected chi connectivity index (χ2v) is 4.78. The van der Waals surface area contributed by atoms with Gasteiger partial charge in [0.15, 0.2) is 0 Å². The van der Waals surface area contributed by atoms with Crippen LogP contribution in [0.5, 0.6) is 0 Å². The lowest BCUT2D eigenvalue weighted by molar-refractivity contribution is 0.576. The molecule has 2 aromatic rings. The molecule has 0 radical (unpaired) electrons. The van der Waals surface area contributed by atoms with Crippen LogP contribution in [-0.4, -0.2) is 15.0 Å². The Morgan fingerprint density at radius 1 is 1.53 bits per heavy atom. The molecule has 0 aliphatic carbocycles. The highest BCUT2D eigenvalue weighted by molar-refractivity contribution is 9.10. The van der Waals surface area contributed by atoms with Crippen molar-refractivity contribution in [2.75, 3.05) is 0 Å². The average molecular weight is 299 g/mol. The normalized spacial score (nSPS) is 12.7. The fourth-order valence-corrected chi connectivity index (χ4v) is 1.76. The lowest BCUT2D eigenvalue weighted by Gasteiger charge is -2.03. The Morgan fingerprint density at radius 2 is 2.29 bits per heavy atom. The highest BCUT2D eigenvalue weighted by Crippen LogP contribution is 2.16. The molecule has 2 rings (SSSR count). The number of halogens is 2. The first kappa shape index (κ1) is 12.2. The van der Waals surface area contributed by atoms with Crippen LogP contribution in [0.3, 0.4) is 0 Å². The molecule has 90 valence electrons. The summed E-state index contributed by atoms with van der Waals surface area (Å²) in [5.41, 5.74) is 6.94. The van der Waals surface area contributed by atoms with Gasteiger partial charge in [-0.05, 0) is 19.1 Å². The van der Waals surface area contributed by atoms with Gasteiger partial charge in [-0.3, -0.25) is 0 Å². The van der Waals surface area contributed by atoms with Crippen LogP contribution < -0.4 is 5.73 Å². The van der Waals surface area contributed by atoms with Crippen molar-refractivity contribution in [3.8, 4) is 0 Å². The summed E-state index contributed by atoms with van der Waals surface area (Å²) < 4.78 is 15.9. The van der Waals surface area contributed by atoms with Gasteiger partial charge in [-0.25, -0.2) is 9.07 Å². The first-order valence-corrected chi connectivity index (χ1v) is 5.95. The quantitative estimate of drug-likeness (QED) is 0.945. The predicted octanol–water partition coefficient (Wildman–Crippen LogP) is 2.25. The van der Waals surface area contributed by atoms with Crippen LogP contribution in [0.4, 0.5) is 4.39 Å². The molecule has 17 heavy (non-hydrogen) atoms. The molecule has 1 heterocycles. The molecule has 1 atom stereocenters. The zero-order valence-electron chi connectivity index (χ0n) is 9.27. The van der Waals surface area contributed by atoms with Gasteiger partial charge in [0.25, 0.3) is 0 Å². The molecule has 1 unspecified atom stereocenters. The summed E-state index contributed by atoms with van der Waals surface area (Å²) in [4.78, 5) is 0. The molecule has 0 bridgehead atoms. The number of rotatable bonds is 3. The summed E-state index contributed by atoms with van der Waals surface area (Å²) in [6, 6.07) is 4.77. The van der Waals surface area contributed by atoms with Gasteiger partial charge in [-0.1, -0.05) is 27.2 Å². The lowest BCUT2D eigenvalue weighted by Crippen LogP contribution is -2.05. The van der Waals surface area contributed by atoms with Gasteiger partial charge in [-0.15, -0.1) is 5.10 Å². The van der Waals surface area contributed by atoms with Crippen LogP contribution in [0.15, 0.2) is 28.9 Å². The van der Waals surface area contributed by atoms with Gasteiger partial charge in [0.05, 0.1) is 18.4 Å². The first-order valence-electron chi connectivity index (χ1n) is 5.16. The van der Waals surface area contributed by atoms with E-state index in [1.807, 2.05) is 6.92 Å². The van der Waals surface area contributed by atoms with Gasteiger partial charge in [0.1, 0.15) is 5.82 Å². The van der Waals surface area contributed by atoms with Crippen LogP contribution >= 0.6 is 15.9 Å². The number of aromatic nitrogens is 3. The molecule has 0 amide bonds. The number of nitrogens with zero attached hydrogens (tertiary/aromatic N) is 3. The largest absolute Gasteiger partial charge is 0.323 e. The summed E-state index contributed by atoms with van der Waals surface area (Å²) in [5.74, 6) is -0.266.